The fraction of sp³-hybridized carbons (Fsp3) is 0. The van der Waals surface area contributed by atoms with Crippen molar-refractivity contribution in [3.63, 3.8) is 0 Å². The van der Waals surface area contributed by atoms with E-state index in [2.05, 4.69) is 10.2 Å². The molecule has 2 rings (SSSR count). The fourth-order valence-electron chi connectivity index (χ4n) is 1.64. The molecular formula is C14H10N4O4. The highest BCUT2D eigenvalue weighted by Crippen LogP contribution is 2.12. The van der Waals surface area contributed by atoms with E-state index in [4.69, 9.17) is 0 Å². The number of nitro groups is 2. The van der Waals surface area contributed by atoms with E-state index in [1.54, 1.807) is 24.3 Å². The standard InChI is InChI=1S/C14H10N4O4/c19-17(20)13-5-1-3-11(7-13)9-15-16-10-12-4-2-6-14(8-12)18(21)22/h1-10H/b15-9+,16-10+. The van der Waals surface area contributed by atoms with Crippen LogP contribution in [0.2, 0.25) is 0 Å². The second kappa shape index (κ2) is 6.84. The molecule has 0 amide bonds. The Kier molecular flexibility index (Phi) is 4.66. The second-order valence-corrected chi connectivity index (χ2v) is 4.19. The summed E-state index contributed by atoms with van der Waals surface area (Å²) in [6.45, 7) is 0. The van der Waals surface area contributed by atoms with E-state index in [-0.39, 0.29) is 11.4 Å². The van der Waals surface area contributed by atoms with Crippen molar-refractivity contribution in [2.24, 2.45) is 10.2 Å². The number of nitro benzene ring substituents is 2. The molecule has 8 nitrogen and oxygen atoms in total. The van der Waals surface area contributed by atoms with Gasteiger partial charge in [-0.05, 0) is 0 Å². The first-order valence-corrected chi connectivity index (χ1v) is 6.11. The van der Waals surface area contributed by atoms with Crippen LogP contribution in [0.4, 0.5) is 11.4 Å². The summed E-state index contributed by atoms with van der Waals surface area (Å²) in [5, 5.41) is 28.8. The lowest BCUT2D eigenvalue weighted by Gasteiger charge is -1.93. The van der Waals surface area contributed by atoms with E-state index in [1.807, 2.05) is 0 Å². The maximum Gasteiger partial charge on any atom is 0.270 e. The number of rotatable bonds is 5. The molecule has 0 aromatic heterocycles. The molecule has 110 valence electrons. The number of hydrogen-bond acceptors (Lipinski definition) is 6. The van der Waals surface area contributed by atoms with Crippen LogP contribution in [0.1, 0.15) is 11.1 Å². The summed E-state index contributed by atoms with van der Waals surface area (Å²) >= 11 is 0. The molecule has 0 fully saturated rings. The predicted molar refractivity (Wildman–Crippen MR) is 81.4 cm³/mol. The third-order valence-corrected chi connectivity index (χ3v) is 2.64. The molecule has 2 aromatic rings. The van der Waals surface area contributed by atoms with Crippen molar-refractivity contribution in [3.05, 3.63) is 79.9 Å². The molecule has 8 heteroatoms. The molecule has 0 spiro atoms. The predicted octanol–water partition coefficient (Wildman–Crippen LogP) is 2.96. The molecule has 0 atom stereocenters. The Balaban J connectivity index is 2.09. The third kappa shape index (κ3) is 4.04. The van der Waals surface area contributed by atoms with Crippen LogP contribution in [0.3, 0.4) is 0 Å². The van der Waals surface area contributed by atoms with E-state index in [9.17, 15) is 20.2 Å². The molecule has 0 aliphatic rings. The van der Waals surface area contributed by atoms with Crippen molar-refractivity contribution >= 4 is 23.8 Å². The Labute approximate surface area is 124 Å². The molecule has 0 radical (unpaired) electrons. The van der Waals surface area contributed by atoms with Gasteiger partial charge in [0, 0.05) is 35.4 Å². The highest BCUT2D eigenvalue weighted by atomic mass is 16.6. The van der Waals surface area contributed by atoms with Crippen molar-refractivity contribution in [1.29, 1.82) is 0 Å². The maximum atomic E-state index is 10.6. The van der Waals surface area contributed by atoms with E-state index in [0.29, 0.717) is 11.1 Å². The molecule has 0 unspecified atom stereocenters. The second-order valence-electron chi connectivity index (χ2n) is 4.19. The minimum atomic E-state index is -0.496. The monoisotopic (exact) mass is 298 g/mol. The minimum absolute atomic E-state index is 0.0355. The zero-order chi connectivity index (χ0) is 15.9. The summed E-state index contributed by atoms with van der Waals surface area (Å²) < 4.78 is 0. The van der Waals surface area contributed by atoms with Gasteiger partial charge in [0.05, 0.1) is 22.3 Å². The number of hydrogen-bond donors (Lipinski definition) is 0. The summed E-state index contributed by atoms with van der Waals surface area (Å²) in [5.41, 5.74) is 0.994. The van der Waals surface area contributed by atoms with Crippen LogP contribution in [-0.2, 0) is 0 Å². The summed E-state index contributed by atoms with van der Waals surface area (Å²) in [5.74, 6) is 0. The quantitative estimate of drug-likeness (QED) is 0.480. The Morgan fingerprint density at radius 3 is 1.55 bits per heavy atom. The lowest BCUT2D eigenvalue weighted by molar-refractivity contribution is -0.385. The molecule has 0 saturated carbocycles. The molecule has 0 bridgehead atoms. The van der Waals surface area contributed by atoms with E-state index in [1.165, 1.54) is 36.7 Å². The van der Waals surface area contributed by atoms with Gasteiger partial charge >= 0.3 is 0 Å². The van der Waals surface area contributed by atoms with Crippen molar-refractivity contribution < 1.29 is 9.85 Å². The first-order chi connectivity index (χ1) is 10.6. The zero-order valence-corrected chi connectivity index (χ0v) is 11.2. The highest BCUT2D eigenvalue weighted by Gasteiger charge is 2.04. The molecule has 0 N–H and O–H groups in total. The van der Waals surface area contributed by atoms with Crippen molar-refractivity contribution in [3.8, 4) is 0 Å². The summed E-state index contributed by atoms with van der Waals surface area (Å²) in [7, 11) is 0. The van der Waals surface area contributed by atoms with Crippen LogP contribution in [-0.4, -0.2) is 22.3 Å². The average molecular weight is 298 g/mol. The van der Waals surface area contributed by atoms with Crippen LogP contribution >= 0.6 is 0 Å². The van der Waals surface area contributed by atoms with Gasteiger partial charge in [-0.15, -0.1) is 0 Å². The molecule has 0 aliphatic heterocycles. The summed E-state index contributed by atoms with van der Waals surface area (Å²) in [6.07, 6.45) is 2.72. The van der Waals surface area contributed by atoms with Crippen LogP contribution in [0.5, 0.6) is 0 Å². The van der Waals surface area contributed by atoms with E-state index < -0.39 is 9.85 Å². The van der Waals surface area contributed by atoms with Gasteiger partial charge in [-0.25, -0.2) is 0 Å². The van der Waals surface area contributed by atoms with Crippen LogP contribution in [0, 0.1) is 20.2 Å². The first kappa shape index (κ1) is 15.0. The van der Waals surface area contributed by atoms with Gasteiger partial charge < -0.3 is 0 Å². The highest BCUT2D eigenvalue weighted by molar-refractivity contribution is 5.83. The van der Waals surface area contributed by atoms with Crippen molar-refractivity contribution in [2.45, 2.75) is 0 Å². The topological polar surface area (TPSA) is 111 Å². The van der Waals surface area contributed by atoms with Gasteiger partial charge in [0.2, 0.25) is 0 Å². The Bertz CT molecular complexity index is 705. The Morgan fingerprint density at radius 1 is 0.773 bits per heavy atom. The molecule has 0 heterocycles. The van der Waals surface area contributed by atoms with Crippen LogP contribution < -0.4 is 0 Å². The minimum Gasteiger partial charge on any atom is -0.258 e. The molecular weight excluding hydrogens is 288 g/mol. The first-order valence-electron chi connectivity index (χ1n) is 6.11. The lowest BCUT2D eigenvalue weighted by atomic mass is 10.2. The summed E-state index contributed by atoms with van der Waals surface area (Å²) in [6, 6.07) is 11.9. The van der Waals surface area contributed by atoms with Crippen LogP contribution in [0.25, 0.3) is 0 Å². The molecule has 2 aromatic carbocycles. The van der Waals surface area contributed by atoms with Gasteiger partial charge in [0.25, 0.3) is 11.4 Å². The fourth-order valence-corrected chi connectivity index (χ4v) is 1.64. The molecule has 0 aliphatic carbocycles. The number of non-ortho nitro benzene ring substituents is 2. The SMILES string of the molecule is O=[N+]([O-])c1cccc(/C=N/N=C/c2cccc([N+](=O)[O-])c2)c1. The van der Waals surface area contributed by atoms with Gasteiger partial charge in [-0.1, -0.05) is 24.3 Å². The van der Waals surface area contributed by atoms with Gasteiger partial charge in [-0.3, -0.25) is 20.2 Å². The number of nitrogens with zero attached hydrogens (tertiary/aromatic N) is 4. The number of benzene rings is 2. The molecule has 22 heavy (non-hydrogen) atoms. The van der Waals surface area contributed by atoms with Crippen LogP contribution in [0.15, 0.2) is 58.7 Å². The van der Waals surface area contributed by atoms with Gasteiger partial charge in [0.1, 0.15) is 0 Å². The maximum absolute atomic E-state index is 10.6. The van der Waals surface area contributed by atoms with Crippen molar-refractivity contribution in [2.75, 3.05) is 0 Å². The lowest BCUT2D eigenvalue weighted by Crippen LogP contribution is -1.90. The van der Waals surface area contributed by atoms with Gasteiger partial charge in [-0.2, -0.15) is 10.2 Å². The van der Waals surface area contributed by atoms with Gasteiger partial charge in [0.15, 0.2) is 0 Å². The molecule has 0 saturated heterocycles. The van der Waals surface area contributed by atoms with E-state index >= 15 is 0 Å². The summed E-state index contributed by atoms with van der Waals surface area (Å²) in [4.78, 5) is 20.3. The normalized spacial score (nSPS) is 11.1. The zero-order valence-electron chi connectivity index (χ0n) is 11.2. The Hall–Kier alpha value is -3.42. The average Bonchev–Trinajstić information content (AvgIpc) is 2.52. The Morgan fingerprint density at radius 2 is 1.18 bits per heavy atom. The van der Waals surface area contributed by atoms with Crippen molar-refractivity contribution in [1.82, 2.24) is 0 Å². The van der Waals surface area contributed by atoms with E-state index in [0.717, 1.165) is 0 Å². The largest absolute Gasteiger partial charge is 0.270 e. The smallest absolute Gasteiger partial charge is 0.258 e. The third-order valence-electron chi connectivity index (χ3n) is 2.64.